The molecule has 0 bridgehead atoms. The molecule has 52 valence electrons. The number of rotatable bonds is 2. The maximum absolute atomic E-state index is 9.45. The molecule has 0 amide bonds. The van der Waals surface area contributed by atoms with Crippen LogP contribution in [0.5, 0.6) is 0 Å². The van der Waals surface area contributed by atoms with Gasteiger partial charge in [-0.05, 0) is 6.92 Å². The Morgan fingerprint density at radius 1 is 1.56 bits per heavy atom. The van der Waals surface area contributed by atoms with Crippen LogP contribution in [0.4, 0.5) is 0 Å². The zero-order valence-corrected chi connectivity index (χ0v) is 8.06. The summed E-state index contributed by atoms with van der Waals surface area (Å²) in [5, 5.41) is 0. The molecule has 7 heteroatoms. The van der Waals surface area contributed by atoms with Crippen LogP contribution in [0.2, 0.25) is 0 Å². The minimum Gasteiger partial charge on any atom is -0.726 e. The van der Waals surface area contributed by atoms with Gasteiger partial charge in [0.15, 0.2) is 0 Å². The Morgan fingerprint density at radius 2 is 1.89 bits per heavy atom. The quantitative estimate of drug-likeness (QED) is 0.235. The van der Waals surface area contributed by atoms with Gasteiger partial charge in [-0.15, -0.1) is 0 Å². The van der Waals surface area contributed by atoms with Crippen LogP contribution in [0.15, 0.2) is 0 Å². The molecule has 2 N–H and O–H groups in total. The topological polar surface area (TPSA) is 97.9 Å². The summed E-state index contributed by atoms with van der Waals surface area (Å²) in [5.41, 5.74) is 0. The summed E-state index contributed by atoms with van der Waals surface area (Å²) in [6.07, 6.45) is 0. The summed E-state index contributed by atoms with van der Waals surface area (Å²) in [5.74, 6) is 0. The normalized spacial score (nSPS) is 9.11. The van der Waals surface area contributed by atoms with Crippen LogP contribution in [-0.2, 0) is 14.6 Å². The van der Waals surface area contributed by atoms with E-state index >= 15 is 0 Å². The van der Waals surface area contributed by atoms with E-state index in [-0.39, 0.29) is 41.6 Å². The Morgan fingerprint density at radius 3 is 1.89 bits per heavy atom. The van der Waals surface area contributed by atoms with Gasteiger partial charge in [0.25, 0.3) is 0 Å². The van der Waals surface area contributed by atoms with E-state index in [1.807, 2.05) is 0 Å². The van der Waals surface area contributed by atoms with E-state index in [1.54, 1.807) is 0 Å². The van der Waals surface area contributed by atoms with Crippen molar-refractivity contribution in [1.82, 2.24) is 0 Å². The Balaban J connectivity index is -0.000000180. The molecule has 0 spiro atoms. The second-order valence-corrected chi connectivity index (χ2v) is 1.87. The molecule has 0 aliphatic rings. The van der Waals surface area contributed by atoms with Crippen LogP contribution < -0.4 is 29.6 Å². The van der Waals surface area contributed by atoms with Gasteiger partial charge >= 0.3 is 29.6 Å². The Kier molecular flexibility index (Phi) is 12.7. The smallest absolute Gasteiger partial charge is 0.726 e. The van der Waals surface area contributed by atoms with Crippen molar-refractivity contribution in [3.63, 3.8) is 0 Å². The van der Waals surface area contributed by atoms with Crippen LogP contribution in [-0.4, -0.2) is 25.1 Å². The third-order valence-electron chi connectivity index (χ3n) is 0.262. The molecule has 0 aliphatic heterocycles. The minimum atomic E-state index is -4.42. The molecule has 0 fully saturated rings. The second-order valence-electron chi connectivity index (χ2n) is 0.815. The van der Waals surface area contributed by atoms with Crippen molar-refractivity contribution in [2.24, 2.45) is 0 Å². The van der Waals surface area contributed by atoms with Crippen LogP contribution in [0.25, 0.3) is 0 Å². The van der Waals surface area contributed by atoms with Gasteiger partial charge in [-0.2, -0.15) is 0 Å². The molecule has 0 aromatic carbocycles. The molecule has 0 aliphatic carbocycles. The van der Waals surface area contributed by atoms with Gasteiger partial charge in [0.05, 0.1) is 6.61 Å². The van der Waals surface area contributed by atoms with Gasteiger partial charge in [-0.1, -0.05) is 0 Å². The van der Waals surface area contributed by atoms with Crippen molar-refractivity contribution in [2.75, 3.05) is 6.61 Å². The molecule has 0 unspecified atom stereocenters. The fourth-order valence-corrected chi connectivity index (χ4v) is 0.433. The molecular formula is C2H7NaO5S. The first kappa shape index (κ1) is 16.4. The summed E-state index contributed by atoms with van der Waals surface area (Å²) in [4.78, 5) is 0. The largest absolute Gasteiger partial charge is 1.00 e. The van der Waals surface area contributed by atoms with Crippen LogP contribution in [0.3, 0.4) is 0 Å². The molecule has 0 aromatic rings. The average molecular weight is 166 g/mol. The maximum Gasteiger partial charge on any atom is 1.00 e. The van der Waals surface area contributed by atoms with Gasteiger partial charge in [0, 0.05) is 0 Å². The summed E-state index contributed by atoms with van der Waals surface area (Å²) < 4.78 is 32.0. The van der Waals surface area contributed by atoms with E-state index < -0.39 is 10.4 Å². The third-order valence-corrected chi connectivity index (χ3v) is 0.787. The fourth-order valence-electron chi connectivity index (χ4n) is 0.144. The Labute approximate surface area is 75.9 Å². The molecular weight excluding hydrogens is 159 g/mol. The van der Waals surface area contributed by atoms with Gasteiger partial charge < -0.3 is 10.0 Å². The standard InChI is InChI=1S/C2H6O4S.Na.H2O/c1-2-6-7(3,4)5;;/h2H2,1H3,(H,3,4,5);;1H2/q;+1;/p-1. The van der Waals surface area contributed by atoms with Crippen molar-refractivity contribution in [2.45, 2.75) is 6.92 Å². The summed E-state index contributed by atoms with van der Waals surface area (Å²) in [7, 11) is -4.42. The molecule has 0 saturated carbocycles. The molecule has 0 heterocycles. The second kappa shape index (κ2) is 6.94. The molecule has 0 saturated heterocycles. The van der Waals surface area contributed by atoms with E-state index in [9.17, 15) is 13.0 Å². The van der Waals surface area contributed by atoms with Gasteiger partial charge in [0.2, 0.25) is 10.4 Å². The number of hydrogen-bond donors (Lipinski definition) is 0. The minimum absolute atomic E-state index is 0. The van der Waals surface area contributed by atoms with Gasteiger partial charge in [0.1, 0.15) is 0 Å². The van der Waals surface area contributed by atoms with Crippen LogP contribution in [0, 0.1) is 0 Å². The Bertz CT molecular complexity index is 128. The van der Waals surface area contributed by atoms with Crippen molar-refractivity contribution < 1.29 is 52.2 Å². The zero-order chi connectivity index (χ0) is 5.91. The molecule has 0 atom stereocenters. The monoisotopic (exact) mass is 166 g/mol. The first-order valence-electron chi connectivity index (χ1n) is 1.66. The molecule has 5 nitrogen and oxygen atoms in total. The van der Waals surface area contributed by atoms with Crippen molar-refractivity contribution >= 4 is 10.4 Å². The third kappa shape index (κ3) is 17.7. The van der Waals surface area contributed by atoms with Crippen molar-refractivity contribution in [1.29, 1.82) is 0 Å². The van der Waals surface area contributed by atoms with Crippen LogP contribution in [0.1, 0.15) is 6.92 Å². The summed E-state index contributed by atoms with van der Waals surface area (Å²) in [6, 6.07) is 0. The molecule has 9 heavy (non-hydrogen) atoms. The fraction of sp³-hybridized carbons (Fsp3) is 1.00. The SMILES string of the molecule is CCOS(=O)(=O)[O-].O.[Na+]. The predicted molar refractivity (Wildman–Crippen MR) is 24.9 cm³/mol. The van der Waals surface area contributed by atoms with Crippen molar-refractivity contribution in [3.05, 3.63) is 0 Å². The van der Waals surface area contributed by atoms with E-state index in [0.29, 0.717) is 0 Å². The zero-order valence-electron chi connectivity index (χ0n) is 5.25. The Hall–Kier alpha value is 0.830. The van der Waals surface area contributed by atoms with E-state index in [2.05, 4.69) is 4.18 Å². The average Bonchev–Trinajstić information content (AvgIpc) is 1.30. The first-order chi connectivity index (χ1) is 3.06. The van der Waals surface area contributed by atoms with Gasteiger partial charge in [-0.3, -0.25) is 4.18 Å². The predicted octanol–water partition coefficient (Wildman–Crippen LogP) is -4.34. The maximum atomic E-state index is 9.45. The van der Waals surface area contributed by atoms with E-state index in [0.717, 1.165) is 0 Å². The molecule has 0 rings (SSSR count). The summed E-state index contributed by atoms with van der Waals surface area (Å²) >= 11 is 0. The van der Waals surface area contributed by atoms with Crippen LogP contribution >= 0.6 is 0 Å². The molecule has 0 aromatic heterocycles. The first-order valence-corrected chi connectivity index (χ1v) is 3.00. The number of hydrogen-bond acceptors (Lipinski definition) is 4. The van der Waals surface area contributed by atoms with E-state index in [1.165, 1.54) is 6.92 Å². The summed E-state index contributed by atoms with van der Waals surface area (Å²) in [6.45, 7) is 1.33. The van der Waals surface area contributed by atoms with Crippen molar-refractivity contribution in [3.8, 4) is 0 Å². The van der Waals surface area contributed by atoms with Gasteiger partial charge in [-0.25, -0.2) is 8.42 Å². The van der Waals surface area contributed by atoms with E-state index in [4.69, 9.17) is 0 Å². The molecule has 0 radical (unpaired) electrons.